The van der Waals surface area contributed by atoms with Crippen molar-refractivity contribution >= 4 is 23.4 Å². The summed E-state index contributed by atoms with van der Waals surface area (Å²) in [5, 5.41) is 2.80. The zero-order valence-corrected chi connectivity index (χ0v) is 15.7. The number of amides is 3. The highest BCUT2D eigenvalue weighted by Gasteiger charge is 2.67. The number of hydrogen-bond acceptors (Lipinski definition) is 4. The molecule has 7 rings (SSSR count). The quantitative estimate of drug-likeness (QED) is 0.645. The first kappa shape index (κ1) is 16.8. The van der Waals surface area contributed by atoms with E-state index in [0.29, 0.717) is 28.8 Å². The van der Waals surface area contributed by atoms with E-state index in [-0.39, 0.29) is 47.9 Å². The van der Waals surface area contributed by atoms with Crippen molar-refractivity contribution in [2.45, 2.75) is 13.0 Å². The molecule has 0 unspecified atom stereocenters. The fourth-order valence-corrected chi connectivity index (χ4v) is 5.68. The maximum atomic E-state index is 13.2. The van der Waals surface area contributed by atoms with Crippen molar-refractivity contribution in [3.05, 3.63) is 66.1 Å². The Kier molecular flexibility index (Phi) is 3.43. The zero-order chi connectivity index (χ0) is 19.7. The van der Waals surface area contributed by atoms with E-state index in [1.165, 1.54) is 4.90 Å². The predicted molar refractivity (Wildman–Crippen MR) is 104 cm³/mol. The maximum absolute atomic E-state index is 13.2. The number of hydrogen-bond donors (Lipinski definition) is 1. The topological polar surface area (TPSA) is 79.6 Å². The summed E-state index contributed by atoms with van der Waals surface area (Å²) >= 11 is 0. The monoisotopic (exact) mass is 388 g/mol. The van der Waals surface area contributed by atoms with E-state index in [1.54, 1.807) is 42.7 Å². The van der Waals surface area contributed by atoms with Gasteiger partial charge in [0.25, 0.3) is 5.91 Å². The number of anilines is 1. The van der Waals surface area contributed by atoms with Gasteiger partial charge < -0.3 is 9.73 Å². The van der Waals surface area contributed by atoms with Gasteiger partial charge in [-0.15, -0.1) is 0 Å². The van der Waals surface area contributed by atoms with Crippen LogP contribution in [0.15, 0.2) is 59.2 Å². The van der Waals surface area contributed by atoms with Crippen LogP contribution in [0.2, 0.25) is 0 Å². The number of rotatable bonds is 4. The lowest BCUT2D eigenvalue weighted by atomic mass is 9.63. The largest absolute Gasteiger partial charge is 0.467 e. The van der Waals surface area contributed by atoms with E-state index in [4.69, 9.17) is 4.42 Å². The highest BCUT2D eigenvalue weighted by atomic mass is 16.3. The molecule has 0 spiro atoms. The Morgan fingerprint density at radius 3 is 2.41 bits per heavy atom. The highest BCUT2D eigenvalue weighted by molar-refractivity contribution is 6.23. The van der Waals surface area contributed by atoms with Crippen LogP contribution in [0.1, 0.15) is 22.5 Å². The van der Waals surface area contributed by atoms with Crippen LogP contribution in [-0.4, -0.2) is 17.7 Å². The van der Waals surface area contributed by atoms with Gasteiger partial charge in [-0.25, -0.2) is 4.90 Å². The standard InChI is InChI=1S/C23H20N2O4/c26-21(24-11-14-5-2-8-29-14)12-3-1-4-13(9-12)25-22(27)19-15-6-7-16(18-10-17(15)18)20(19)23(25)28/h1-9,15-20H,10-11H2,(H,24,26)/t15-,16-,17-,18-,19-,20+/m1/s1. The summed E-state index contributed by atoms with van der Waals surface area (Å²) < 4.78 is 5.23. The number of nitrogens with one attached hydrogen (secondary N) is 1. The summed E-state index contributed by atoms with van der Waals surface area (Å²) in [6.07, 6.45) is 7.01. The molecule has 1 aliphatic heterocycles. The van der Waals surface area contributed by atoms with E-state index < -0.39 is 0 Å². The van der Waals surface area contributed by atoms with Crippen molar-refractivity contribution in [2.75, 3.05) is 4.90 Å². The molecule has 6 heteroatoms. The molecule has 2 bridgehead atoms. The smallest absolute Gasteiger partial charge is 0.251 e. The average Bonchev–Trinajstić information content (AvgIpc) is 3.33. The van der Waals surface area contributed by atoms with Gasteiger partial charge in [0.05, 0.1) is 30.3 Å². The first-order valence-corrected chi connectivity index (χ1v) is 10.1. The van der Waals surface area contributed by atoms with Crippen LogP contribution in [-0.2, 0) is 16.1 Å². The Morgan fingerprint density at radius 1 is 1.03 bits per heavy atom. The second kappa shape index (κ2) is 5.92. The number of carbonyl (C=O) groups excluding carboxylic acids is 3. The lowest BCUT2D eigenvalue weighted by molar-refractivity contribution is -0.124. The Labute approximate surface area is 167 Å². The molecule has 3 amide bonds. The molecule has 1 aromatic heterocycles. The maximum Gasteiger partial charge on any atom is 0.251 e. The van der Waals surface area contributed by atoms with Gasteiger partial charge in [-0.05, 0) is 60.4 Å². The molecule has 5 aliphatic rings. The molecule has 1 saturated heterocycles. The molecule has 0 radical (unpaired) electrons. The van der Waals surface area contributed by atoms with Crippen molar-refractivity contribution in [3.8, 4) is 0 Å². The molecule has 1 N–H and O–H groups in total. The second-order valence-corrected chi connectivity index (χ2v) is 8.48. The van der Waals surface area contributed by atoms with Gasteiger partial charge in [0, 0.05) is 5.56 Å². The molecular formula is C23H20N2O4. The van der Waals surface area contributed by atoms with Crippen molar-refractivity contribution in [1.29, 1.82) is 0 Å². The minimum absolute atomic E-state index is 0.113. The van der Waals surface area contributed by atoms with Gasteiger partial charge in [-0.2, -0.15) is 0 Å². The SMILES string of the molecule is O=C(NCc1ccco1)c1cccc(N2C(=O)[C@@H]3[C@@H]4C=C[C@H]([C@H]5C[C@H]45)[C@@H]3C2=O)c1. The van der Waals surface area contributed by atoms with E-state index in [2.05, 4.69) is 17.5 Å². The molecule has 6 atom stereocenters. The van der Waals surface area contributed by atoms with E-state index in [0.717, 1.165) is 6.42 Å². The third kappa shape index (κ3) is 2.38. The summed E-state index contributed by atoms with van der Waals surface area (Å²) in [4.78, 5) is 40.3. The van der Waals surface area contributed by atoms with Crippen LogP contribution in [0.4, 0.5) is 5.69 Å². The van der Waals surface area contributed by atoms with Crippen LogP contribution >= 0.6 is 0 Å². The normalized spacial score (nSPS) is 33.6. The van der Waals surface area contributed by atoms with Crippen LogP contribution in [0.5, 0.6) is 0 Å². The highest BCUT2D eigenvalue weighted by Crippen LogP contribution is 2.65. The van der Waals surface area contributed by atoms with Gasteiger partial charge in [0.15, 0.2) is 0 Å². The average molecular weight is 388 g/mol. The number of imide groups is 1. The molecule has 2 saturated carbocycles. The van der Waals surface area contributed by atoms with E-state index in [9.17, 15) is 14.4 Å². The van der Waals surface area contributed by atoms with Gasteiger partial charge in [0.1, 0.15) is 5.76 Å². The second-order valence-electron chi connectivity index (χ2n) is 8.48. The van der Waals surface area contributed by atoms with Gasteiger partial charge >= 0.3 is 0 Å². The van der Waals surface area contributed by atoms with E-state index >= 15 is 0 Å². The number of benzene rings is 1. The molecule has 6 nitrogen and oxygen atoms in total. The van der Waals surface area contributed by atoms with Crippen molar-refractivity contribution in [1.82, 2.24) is 5.32 Å². The van der Waals surface area contributed by atoms with Gasteiger partial charge in [-0.3, -0.25) is 14.4 Å². The van der Waals surface area contributed by atoms with Crippen molar-refractivity contribution < 1.29 is 18.8 Å². The van der Waals surface area contributed by atoms with Crippen molar-refractivity contribution in [3.63, 3.8) is 0 Å². The molecular weight excluding hydrogens is 368 g/mol. The van der Waals surface area contributed by atoms with Crippen LogP contribution in [0.3, 0.4) is 0 Å². The number of nitrogens with zero attached hydrogens (tertiary/aromatic N) is 1. The summed E-state index contributed by atoms with van der Waals surface area (Å²) in [7, 11) is 0. The molecule has 146 valence electrons. The van der Waals surface area contributed by atoms with Gasteiger partial charge in [0.2, 0.25) is 11.8 Å². The minimum Gasteiger partial charge on any atom is -0.467 e. The predicted octanol–water partition coefficient (Wildman–Crippen LogP) is 2.77. The summed E-state index contributed by atoms with van der Waals surface area (Å²) in [5.41, 5.74) is 0.890. The summed E-state index contributed by atoms with van der Waals surface area (Å²) in [6, 6.07) is 10.3. The molecule has 3 fully saturated rings. The lowest BCUT2D eigenvalue weighted by Gasteiger charge is -2.37. The van der Waals surface area contributed by atoms with E-state index in [1.807, 2.05) is 0 Å². The molecule has 2 heterocycles. The summed E-state index contributed by atoms with van der Waals surface area (Å²) in [6.45, 7) is 0.277. The first-order valence-electron chi connectivity index (χ1n) is 10.1. The van der Waals surface area contributed by atoms with Crippen LogP contribution < -0.4 is 10.2 Å². The third-order valence-corrected chi connectivity index (χ3v) is 7.03. The molecule has 29 heavy (non-hydrogen) atoms. The first-order chi connectivity index (χ1) is 14.1. The molecule has 4 aliphatic carbocycles. The zero-order valence-electron chi connectivity index (χ0n) is 15.7. The van der Waals surface area contributed by atoms with Crippen LogP contribution in [0, 0.1) is 35.5 Å². The van der Waals surface area contributed by atoms with Crippen molar-refractivity contribution in [2.24, 2.45) is 35.5 Å². The summed E-state index contributed by atoms with van der Waals surface area (Å²) in [5.74, 6) is 1.20. The fourth-order valence-electron chi connectivity index (χ4n) is 5.68. The Hall–Kier alpha value is -3.15. The number of carbonyl (C=O) groups is 3. The molecule has 2 aromatic rings. The Balaban J connectivity index is 1.26. The van der Waals surface area contributed by atoms with Crippen LogP contribution in [0.25, 0.3) is 0 Å². The Morgan fingerprint density at radius 2 is 1.76 bits per heavy atom. The third-order valence-electron chi connectivity index (χ3n) is 7.03. The minimum atomic E-state index is -0.275. The van der Waals surface area contributed by atoms with Gasteiger partial charge in [-0.1, -0.05) is 18.2 Å². The number of furan rings is 1. The Bertz CT molecular complexity index is 1020. The fraction of sp³-hybridized carbons (Fsp3) is 0.348. The number of allylic oxidation sites excluding steroid dienone is 2. The lowest BCUT2D eigenvalue weighted by Crippen LogP contribution is -2.40. The molecule has 1 aromatic carbocycles.